The summed E-state index contributed by atoms with van der Waals surface area (Å²) in [5.74, 6) is 0.430. The second-order valence-corrected chi connectivity index (χ2v) is 4.11. The maximum atomic E-state index is 11.7. The molecule has 1 aliphatic carbocycles. The van der Waals surface area contributed by atoms with E-state index in [0.29, 0.717) is 23.7 Å². The first-order chi connectivity index (χ1) is 7.75. The molecular weight excluding hydrogens is 200 g/mol. The summed E-state index contributed by atoms with van der Waals surface area (Å²) < 4.78 is 0. The Morgan fingerprint density at radius 3 is 2.94 bits per heavy atom. The topological polar surface area (TPSA) is 55.1 Å². The number of hydrogen-bond acceptors (Lipinski definition) is 2. The number of hydrogen-bond donors (Lipinski definition) is 2. The van der Waals surface area contributed by atoms with Gasteiger partial charge in [-0.15, -0.1) is 0 Å². The number of amides is 1. The van der Waals surface area contributed by atoms with Gasteiger partial charge in [0.1, 0.15) is 0 Å². The third-order valence-electron chi connectivity index (χ3n) is 2.79. The van der Waals surface area contributed by atoms with Crippen LogP contribution < -0.4 is 11.1 Å². The summed E-state index contributed by atoms with van der Waals surface area (Å²) in [7, 11) is 0. The van der Waals surface area contributed by atoms with Crippen LogP contribution in [0.15, 0.2) is 36.4 Å². The van der Waals surface area contributed by atoms with Gasteiger partial charge < -0.3 is 11.1 Å². The number of benzene rings is 1. The molecule has 0 bridgehead atoms. The summed E-state index contributed by atoms with van der Waals surface area (Å²) >= 11 is 0. The normalized spacial score (nSPS) is 18.6. The van der Waals surface area contributed by atoms with Gasteiger partial charge in [0, 0.05) is 6.42 Å². The van der Waals surface area contributed by atoms with Gasteiger partial charge in [0.25, 0.3) is 0 Å². The molecule has 3 N–H and O–H groups in total. The van der Waals surface area contributed by atoms with E-state index < -0.39 is 0 Å². The van der Waals surface area contributed by atoms with Crippen LogP contribution in [0, 0.1) is 5.92 Å². The number of carbonyl (C=O) groups excluding carboxylic acids is 1. The van der Waals surface area contributed by atoms with Crippen molar-refractivity contribution in [2.75, 3.05) is 11.1 Å². The number of nitrogens with two attached hydrogens (primary N) is 1. The summed E-state index contributed by atoms with van der Waals surface area (Å²) in [5, 5.41) is 2.84. The molecule has 3 heteroatoms. The van der Waals surface area contributed by atoms with Crippen molar-refractivity contribution in [3.05, 3.63) is 36.4 Å². The molecule has 0 radical (unpaired) electrons. The molecule has 0 fully saturated rings. The van der Waals surface area contributed by atoms with E-state index in [4.69, 9.17) is 5.73 Å². The fraction of sp³-hybridized carbons (Fsp3) is 0.308. The van der Waals surface area contributed by atoms with Gasteiger partial charge in [-0.1, -0.05) is 24.3 Å². The van der Waals surface area contributed by atoms with Gasteiger partial charge in [-0.25, -0.2) is 0 Å². The maximum absolute atomic E-state index is 11.7. The van der Waals surface area contributed by atoms with Crippen LogP contribution in [0.2, 0.25) is 0 Å². The van der Waals surface area contributed by atoms with Crippen LogP contribution in [0.4, 0.5) is 11.4 Å². The fourth-order valence-electron chi connectivity index (χ4n) is 1.92. The van der Waals surface area contributed by atoms with Gasteiger partial charge in [0.2, 0.25) is 5.91 Å². The Balaban J connectivity index is 1.92. The molecule has 0 saturated heterocycles. The van der Waals surface area contributed by atoms with Gasteiger partial charge in [-0.3, -0.25) is 4.79 Å². The van der Waals surface area contributed by atoms with Crippen molar-refractivity contribution in [2.24, 2.45) is 5.92 Å². The van der Waals surface area contributed by atoms with Crippen LogP contribution in [0.3, 0.4) is 0 Å². The van der Waals surface area contributed by atoms with Crippen LogP contribution in [0.5, 0.6) is 0 Å². The Hall–Kier alpha value is -1.77. The Morgan fingerprint density at radius 2 is 2.25 bits per heavy atom. The Kier molecular flexibility index (Phi) is 3.25. The van der Waals surface area contributed by atoms with E-state index in [9.17, 15) is 4.79 Å². The molecule has 0 saturated carbocycles. The summed E-state index contributed by atoms with van der Waals surface area (Å²) in [6.07, 6.45) is 6.97. The van der Waals surface area contributed by atoms with Crippen molar-refractivity contribution >= 4 is 17.3 Å². The molecule has 0 unspecified atom stereocenters. The molecule has 0 aliphatic heterocycles. The van der Waals surface area contributed by atoms with Crippen LogP contribution in [-0.2, 0) is 4.79 Å². The lowest BCUT2D eigenvalue weighted by atomic mass is 10.1. The molecule has 1 aromatic carbocycles. The first-order valence-corrected chi connectivity index (χ1v) is 5.57. The highest BCUT2D eigenvalue weighted by atomic mass is 16.1. The third kappa shape index (κ3) is 2.63. The predicted molar refractivity (Wildman–Crippen MR) is 66.0 cm³/mol. The van der Waals surface area contributed by atoms with Crippen molar-refractivity contribution < 1.29 is 4.79 Å². The Labute approximate surface area is 95.3 Å². The van der Waals surface area contributed by atoms with Gasteiger partial charge in [-0.2, -0.15) is 0 Å². The number of nitrogens with one attached hydrogen (secondary N) is 1. The number of rotatable bonds is 3. The molecule has 1 atom stereocenters. The second-order valence-electron chi connectivity index (χ2n) is 4.11. The molecule has 0 spiro atoms. The van der Waals surface area contributed by atoms with Gasteiger partial charge in [0.15, 0.2) is 0 Å². The van der Waals surface area contributed by atoms with E-state index in [1.165, 1.54) is 0 Å². The van der Waals surface area contributed by atoms with E-state index in [-0.39, 0.29) is 5.91 Å². The highest BCUT2D eigenvalue weighted by Crippen LogP contribution is 2.22. The molecular formula is C13H16N2O. The summed E-state index contributed by atoms with van der Waals surface area (Å²) in [4.78, 5) is 11.7. The van der Waals surface area contributed by atoms with Gasteiger partial charge in [0.05, 0.1) is 11.4 Å². The smallest absolute Gasteiger partial charge is 0.225 e. The highest BCUT2D eigenvalue weighted by Gasteiger charge is 2.14. The molecule has 84 valence electrons. The average molecular weight is 216 g/mol. The Bertz CT molecular complexity index is 412. The summed E-state index contributed by atoms with van der Waals surface area (Å²) in [6.45, 7) is 0. The van der Waals surface area contributed by atoms with Crippen LogP contribution in [0.25, 0.3) is 0 Å². The predicted octanol–water partition coefficient (Wildman–Crippen LogP) is 2.56. The maximum Gasteiger partial charge on any atom is 0.225 e. The van der Waals surface area contributed by atoms with E-state index in [1.807, 2.05) is 18.2 Å². The zero-order valence-corrected chi connectivity index (χ0v) is 9.15. The average Bonchev–Trinajstić information content (AvgIpc) is 2.74. The van der Waals surface area contributed by atoms with Crippen molar-refractivity contribution in [1.82, 2.24) is 0 Å². The molecule has 0 heterocycles. The second kappa shape index (κ2) is 4.84. The zero-order chi connectivity index (χ0) is 11.4. The standard InChI is InChI=1S/C13H16N2O/c14-11-7-3-4-8-12(11)15-13(16)9-10-5-1-2-6-10/h1,3-5,7-8,10H,2,6,9,14H2,(H,15,16)/t10-/m0/s1. The van der Waals surface area contributed by atoms with Crippen molar-refractivity contribution in [2.45, 2.75) is 19.3 Å². The van der Waals surface area contributed by atoms with E-state index >= 15 is 0 Å². The first kappa shape index (κ1) is 10.7. The number of anilines is 2. The number of nitrogen functional groups attached to an aromatic ring is 1. The van der Waals surface area contributed by atoms with Crippen LogP contribution >= 0.6 is 0 Å². The van der Waals surface area contributed by atoms with Crippen molar-refractivity contribution in [3.63, 3.8) is 0 Å². The largest absolute Gasteiger partial charge is 0.397 e. The molecule has 3 nitrogen and oxygen atoms in total. The first-order valence-electron chi connectivity index (χ1n) is 5.57. The number of allylic oxidation sites excluding steroid dienone is 2. The Morgan fingerprint density at radius 1 is 1.44 bits per heavy atom. The third-order valence-corrected chi connectivity index (χ3v) is 2.79. The molecule has 1 aliphatic rings. The molecule has 0 aromatic heterocycles. The molecule has 16 heavy (non-hydrogen) atoms. The monoisotopic (exact) mass is 216 g/mol. The quantitative estimate of drug-likeness (QED) is 0.602. The number of carbonyl (C=O) groups is 1. The van der Waals surface area contributed by atoms with E-state index in [1.54, 1.807) is 6.07 Å². The van der Waals surface area contributed by atoms with E-state index in [0.717, 1.165) is 12.8 Å². The highest BCUT2D eigenvalue weighted by molar-refractivity contribution is 5.93. The summed E-state index contributed by atoms with van der Waals surface area (Å²) in [5.41, 5.74) is 7.06. The lowest BCUT2D eigenvalue weighted by molar-refractivity contribution is -0.116. The summed E-state index contributed by atoms with van der Waals surface area (Å²) in [6, 6.07) is 7.31. The van der Waals surface area contributed by atoms with Crippen LogP contribution in [-0.4, -0.2) is 5.91 Å². The van der Waals surface area contributed by atoms with Crippen molar-refractivity contribution in [3.8, 4) is 0 Å². The lowest BCUT2D eigenvalue weighted by Crippen LogP contribution is -2.15. The van der Waals surface area contributed by atoms with Gasteiger partial charge in [-0.05, 0) is 30.9 Å². The van der Waals surface area contributed by atoms with E-state index in [2.05, 4.69) is 17.5 Å². The lowest BCUT2D eigenvalue weighted by Gasteiger charge is -2.10. The molecule has 1 aromatic rings. The number of para-hydroxylation sites is 2. The van der Waals surface area contributed by atoms with Gasteiger partial charge >= 0.3 is 0 Å². The fourth-order valence-corrected chi connectivity index (χ4v) is 1.92. The van der Waals surface area contributed by atoms with Crippen molar-refractivity contribution in [1.29, 1.82) is 0 Å². The minimum Gasteiger partial charge on any atom is -0.397 e. The van der Waals surface area contributed by atoms with Crippen LogP contribution in [0.1, 0.15) is 19.3 Å². The molecule has 2 rings (SSSR count). The minimum absolute atomic E-state index is 0.0365. The SMILES string of the molecule is Nc1ccccc1NC(=O)C[C@H]1C=CCC1. The minimum atomic E-state index is 0.0365. The molecule has 1 amide bonds. The zero-order valence-electron chi connectivity index (χ0n) is 9.15.